The number of hydrogen-bond acceptors (Lipinski definition) is 3. The summed E-state index contributed by atoms with van der Waals surface area (Å²) in [5.41, 5.74) is 4.23. The maximum absolute atomic E-state index is 12.3. The Balaban J connectivity index is 2.74. The number of halogens is 3. The molecular formula is C10H10F3N3OS. The van der Waals surface area contributed by atoms with Gasteiger partial charge in [-0.05, 0) is 36.5 Å². The third-order valence-electron chi connectivity index (χ3n) is 1.94. The van der Waals surface area contributed by atoms with Crippen LogP contribution in [-0.4, -0.2) is 18.1 Å². The predicted molar refractivity (Wildman–Crippen MR) is 63.7 cm³/mol. The lowest BCUT2D eigenvalue weighted by atomic mass is 10.1. The zero-order valence-corrected chi connectivity index (χ0v) is 10.1. The zero-order chi connectivity index (χ0) is 13.8. The molecule has 1 aromatic carbocycles. The fourth-order valence-electron chi connectivity index (χ4n) is 1.13. The maximum Gasteiger partial charge on any atom is 0.416 e. The van der Waals surface area contributed by atoms with E-state index >= 15 is 0 Å². The standard InChI is InChI=1S/C10H10F3N3OS/c1-14-16-9(18)15-8(17)6-2-4-7(5-3-6)10(11,12)13/h2-5,14H,1H3,(H2,15,16,17,18). The normalized spacial score (nSPS) is 10.9. The summed E-state index contributed by atoms with van der Waals surface area (Å²) in [5, 5.41) is 2.32. The van der Waals surface area contributed by atoms with Crippen LogP contribution >= 0.6 is 12.2 Å². The minimum Gasteiger partial charge on any atom is -0.298 e. The van der Waals surface area contributed by atoms with Gasteiger partial charge in [-0.3, -0.25) is 15.5 Å². The first-order valence-electron chi connectivity index (χ1n) is 4.80. The summed E-state index contributed by atoms with van der Waals surface area (Å²) in [7, 11) is 1.55. The number of hydrazine groups is 1. The molecule has 0 fully saturated rings. The van der Waals surface area contributed by atoms with Crippen molar-refractivity contribution in [2.24, 2.45) is 0 Å². The average molecular weight is 277 g/mol. The van der Waals surface area contributed by atoms with Crippen LogP contribution in [0.15, 0.2) is 24.3 Å². The summed E-state index contributed by atoms with van der Waals surface area (Å²) in [6.07, 6.45) is -4.42. The van der Waals surface area contributed by atoms with Gasteiger partial charge < -0.3 is 0 Å². The van der Waals surface area contributed by atoms with Crippen molar-refractivity contribution in [3.63, 3.8) is 0 Å². The smallest absolute Gasteiger partial charge is 0.298 e. The second-order valence-corrected chi connectivity index (χ2v) is 3.64. The van der Waals surface area contributed by atoms with Crippen LogP contribution in [0, 0.1) is 0 Å². The first-order valence-corrected chi connectivity index (χ1v) is 5.20. The Morgan fingerprint density at radius 3 is 2.22 bits per heavy atom. The van der Waals surface area contributed by atoms with Crippen molar-refractivity contribution in [2.45, 2.75) is 6.18 Å². The van der Waals surface area contributed by atoms with Crippen LogP contribution in [0.4, 0.5) is 13.2 Å². The second-order valence-electron chi connectivity index (χ2n) is 3.23. The van der Waals surface area contributed by atoms with Gasteiger partial charge in [0.1, 0.15) is 0 Å². The van der Waals surface area contributed by atoms with Gasteiger partial charge in [0.05, 0.1) is 5.56 Å². The van der Waals surface area contributed by atoms with Gasteiger partial charge in [-0.15, -0.1) is 0 Å². The van der Waals surface area contributed by atoms with Crippen LogP contribution in [0.25, 0.3) is 0 Å². The summed E-state index contributed by atoms with van der Waals surface area (Å²) in [6.45, 7) is 0. The number of thiocarbonyl (C=S) groups is 1. The van der Waals surface area contributed by atoms with E-state index in [1.165, 1.54) is 0 Å². The van der Waals surface area contributed by atoms with Crippen LogP contribution in [0.2, 0.25) is 0 Å². The molecule has 0 heterocycles. The molecule has 1 amide bonds. The van der Waals surface area contributed by atoms with Gasteiger partial charge in [0.2, 0.25) is 0 Å². The molecule has 3 N–H and O–H groups in total. The summed E-state index contributed by atoms with van der Waals surface area (Å²) < 4.78 is 36.9. The molecular weight excluding hydrogens is 267 g/mol. The molecule has 0 aliphatic carbocycles. The lowest BCUT2D eigenvalue weighted by Crippen LogP contribution is -2.44. The molecule has 1 rings (SSSR count). The quantitative estimate of drug-likeness (QED) is 0.565. The average Bonchev–Trinajstić information content (AvgIpc) is 2.28. The molecule has 0 aliphatic heterocycles. The van der Waals surface area contributed by atoms with Crippen LogP contribution in [0.5, 0.6) is 0 Å². The van der Waals surface area contributed by atoms with E-state index in [0.29, 0.717) is 0 Å². The number of benzene rings is 1. The van der Waals surface area contributed by atoms with Crippen molar-refractivity contribution in [1.82, 2.24) is 16.2 Å². The number of rotatable bonds is 2. The fourth-order valence-corrected chi connectivity index (χ4v) is 1.33. The highest BCUT2D eigenvalue weighted by molar-refractivity contribution is 7.80. The minimum atomic E-state index is -4.42. The number of alkyl halides is 3. The summed E-state index contributed by atoms with van der Waals surface area (Å²) in [6, 6.07) is 3.84. The number of nitrogens with one attached hydrogen (secondary N) is 3. The van der Waals surface area contributed by atoms with Crippen LogP contribution in [0.3, 0.4) is 0 Å². The zero-order valence-electron chi connectivity index (χ0n) is 9.26. The highest BCUT2D eigenvalue weighted by Crippen LogP contribution is 2.28. The number of amides is 1. The van der Waals surface area contributed by atoms with Crippen molar-refractivity contribution in [3.8, 4) is 0 Å². The van der Waals surface area contributed by atoms with Gasteiger partial charge in [0, 0.05) is 12.6 Å². The first-order chi connectivity index (χ1) is 8.34. The highest BCUT2D eigenvalue weighted by atomic mass is 32.1. The maximum atomic E-state index is 12.3. The Morgan fingerprint density at radius 2 is 1.78 bits per heavy atom. The van der Waals surface area contributed by atoms with E-state index in [9.17, 15) is 18.0 Å². The van der Waals surface area contributed by atoms with Crippen molar-refractivity contribution >= 4 is 23.2 Å². The van der Waals surface area contributed by atoms with E-state index in [1.807, 2.05) is 0 Å². The van der Waals surface area contributed by atoms with Gasteiger partial charge in [-0.25, -0.2) is 5.43 Å². The largest absolute Gasteiger partial charge is 0.416 e. The Kier molecular flexibility index (Phi) is 4.62. The Labute approximate surface area is 107 Å². The topological polar surface area (TPSA) is 53.2 Å². The lowest BCUT2D eigenvalue weighted by molar-refractivity contribution is -0.137. The monoisotopic (exact) mass is 277 g/mol. The summed E-state index contributed by atoms with van der Waals surface area (Å²) in [4.78, 5) is 11.5. The molecule has 0 aliphatic rings. The summed E-state index contributed by atoms with van der Waals surface area (Å²) in [5.74, 6) is -0.587. The predicted octanol–water partition coefficient (Wildman–Crippen LogP) is 1.44. The van der Waals surface area contributed by atoms with Crippen LogP contribution < -0.4 is 16.2 Å². The van der Waals surface area contributed by atoms with E-state index < -0.39 is 17.6 Å². The molecule has 0 saturated carbocycles. The van der Waals surface area contributed by atoms with Gasteiger partial charge in [-0.1, -0.05) is 0 Å². The number of carbonyl (C=O) groups is 1. The molecule has 0 saturated heterocycles. The van der Waals surface area contributed by atoms with E-state index in [1.54, 1.807) is 7.05 Å². The van der Waals surface area contributed by atoms with Gasteiger partial charge in [0.25, 0.3) is 5.91 Å². The molecule has 0 spiro atoms. The minimum absolute atomic E-state index is 0.0300. The summed E-state index contributed by atoms with van der Waals surface area (Å²) >= 11 is 4.73. The highest BCUT2D eigenvalue weighted by Gasteiger charge is 2.30. The molecule has 18 heavy (non-hydrogen) atoms. The van der Waals surface area contributed by atoms with E-state index in [-0.39, 0.29) is 10.7 Å². The van der Waals surface area contributed by atoms with Gasteiger partial charge in [-0.2, -0.15) is 13.2 Å². The molecule has 4 nitrogen and oxygen atoms in total. The Hall–Kier alpha value is -1.67. The third kappa shape index (κ3) is 3.97. The molecule has 0 atom stereocenters. The lowest BCUT2D eigenvalue weighted by Gasteiger charge is -2.09. The molecule has 0 unspecified atom stereocenters. The van der Waals surface area contributed by atoms with Crippen molar-refractivity contribution in [3.05, 3.63) is 35.4 Å². The first kappa shape index (κ1) is 14.4. The van der Waals surface area contributed by atoms with Gasteiger partial charge in [0.15, 0.2) is 5.11 Å². The Morgan fingerprint density at radius 1 is 1.22 bits per heavy atom. The third-order valence-corrected chi connectivity index (χ3v) is 2.14. The molecule has 98 valence electrons. The fraction of sp³-hybridized carbons (Fsp3) is 0.200. The molecule has 0 aromatic heterocycles. The second kappa shape index (κ2) is 5.78. The molecule has 8 heteroatoms. The molecule has 1 aromatic rings. The number of hydrogen-bond donors (Lipinski definition) is 3. The van der Waals surface area contributed by atoms with E-state index in [4.69, 9.17) is 12.2 Å². The Bertz CT molecular complexity index is 445. The van der Waals surface area contributed by atoms with Crippen molar-refractivity contribution in [1.29, 1.82) is 0 Å². The number of carbonyl (C=O) groups excluding carboxylic acids is 1. The van der Waals surface area contributed by atoms with Crippen molar-refractivity contribution < 1.29 is 18.0 Å². The molecule has 0 radical (unpaired) electrons. The SMILES string of the molecule is CNNC(=S)NC(=O)c1ccc(C(F)(F)F)cc1. The molecule has 0 bridgehead atoms. The van der Waals surface area contributed by atoms with E-state index in [0.717, 1.165) is 24.3 Å². The van der Waals surface area contributed by atoms with Crippen molar-refractivity contribution in [2.75, 3.05) is 7.05 Å². The van der Waals surface area contributed by atoms with Gasteiger partial charge >= 0.3 is 6.18 Å². The van der Waals surface area contributed by atoms with Crippen LogP contribution in [-0.2, 0) is 6.18 Å². The van der Waals surface area contributed by atoms with Crippen LogP contribution in [0.1, 0.15) is 15.9 Å². The van der Waals surface area contributed by atoms with E-state index in [2.05, 4.69) is 16.2 Å².